The van der Waals surface area contributed by atoms with Crippen molar-refractivity contribution in [2.45, 2.75) is 181 Å². The number of ether oxygens (including phenoxy) is 3. The number of hydrogen-bond donors (Lipinski definition) is 0. The van der Waals surface area contributed by atoms with Gasteiger partial charge in [0.15, 0.2) is 0 Å². The van der Waals surface area contributed by atoms with Crippen LogP contribution in [0, 0.1) is 5.92 Å². The molecule has 0 saturated carbocycles. The molecule has 0 fully saturated rings. The fourth-order valence-corrected chi connectivity index (χ4v) is 6.36. The summed E-state index contributed by atoms with van der Waals surface area (Å²) in [6.45, 7) is 8.68. The van der Waals surface area contributed by atoms with Crippen LogP contribution in [-0.4, -0.2) is 44.7 Å². The Labute approximate surface area is 334 Å². The van der Waals surface area contributed by atoms with E-state index in [1.54, 1.807) is 0 Å². The van der Waals surface area contributed by atoms with E-state index in [0.29, 0.717) is 19.8 Å². The van der Waals surface area contributed by atoms with Crippen molar-refractivity contribution >= 4 is 5.97 Å². The van der Waals surface area contributed by atoms with Gasteiger partial charge in [0, 0.05) is 12.6 Å². The summed E-state index contributed by atoms with van der Waals surface area (Å²) in [4.78, 5) is 14.6. The molecule has 0 aliphatic carbocycles. The van der Waals surface area contributed by atoms with E-state index in [1.807, 2.05) is 44.1 Å². The van der Waals surface area contributed by atoms with Gasteiger partial charge in [0.2, 0.25) is 0 Å². The van der Waals surface area contributed by atoms with Crippen molar-refractivity contribution in [2.75, 3.05) is 33.9 Å². The summed E-state index contributed by atoms with van der Waals surface area (Å²) in [6.07, 6.45) is 48.1. The highest BCUT2D eigenvalue weighted by atomic mass is 16.5. The van der Waals surface area contributed by atoms with Gasteiger partial charge in [-0.3, -0.25) is 4.79 Å². The molecule has 0 N–H and O–H groups in total. The third-order valence-electron chi connectivity index (χ3n) is 9.59. The number of allylic oxidation sites excluding steroid dienone is 8. The van der Waals surface area contributed by atoms with Crippen molar-refractivity contribution in [3.8, 4) is 11.5 Å². The van der Waals surface area contributed by atoms with Gasteiger partial charge in [-0.15, -0.1) is 0 Å². The van der Waals surface area contributed by atoms with Crippen LogP contribution < -0.4 is 9.47 Å². The average molecular weight is 750 g/mol. The lowest BCUT2D eigenvalue weighted by molar-refractivity contribution is -0.149. The number of hydrogen-bond acceptors (Lipinski definition) is 5. The maximum Gasteiger partial charge on any atom is 0.310 e. The first-order valence-electron chi connectivity index (χ1n) is 22.3. The third-order valence-corrected chi connectivity index (χ3v) is 9.59. The summed E-state index contributed by atoms with van der Waals surface area (Å²) in [5, 5.41) is 0. The molecule has 54 heavy (non-hydrogen) atoms. The van der Waals surface area contributed by atoms with Gasteiger partial charge >= 0.3 is 5.97 Å². The van der Waals surface area contributed by atoms with Gasteiger partial charge in [0.05, 0.1) is 19.1 Å². The van der Waals surface area contributed by atoms with Crippen LogP contribution in [0.4, 0.5) is 0 Å². The fourth-order valence-electron chi connectivity index (χ4n) is 6.36. The lowest BCUT2D eigenvalue weighted by Gasteiger charge is -2.16. The van der Waals surface area contributed by atoms with Crippen molar-refractivity contribution in [2.24, 2.45) is 5.92 Å². The van der Waals surface area contributed by atoms with Crippen LogP contribution >= 0.6 is 0 Å². The fraction of sp³-hybridized carbons (Fsp3) is 0.694. The van der Waals surface area contributed by atoms with Crippen LogP contribution in [0.25, 0.3) is 0 Å². The first-order valence-corrected chi connectivity index (χ1v) is 22.3. The number of carbonyl (C=O) groups excluding carboxylic acids is 1. The third kappa shape index (κ3) is 31.5. The second kappa shape index (κ2) is 37.1. The Balaban J connectivity index is 2.35. The van der Waals surface area contributed by atoms with E-state index in [4.69, 9.17) is 14.2 Å². The number of carbonyl (C=O) groups is 1. The highest BCUT2D eigenvalue weighted by Gasteiger charge is 2.16. The van der Waals surface area contributed by atoms with E-state index in [2.05, 4.69) is 62.5 Å². The van der Waals surface area contributed by atoms with Crippen LogP contribution in [0.3, 0.4) is 0 Å². The lowest BCUT2D eigenvalue weighted by Crippen LogP contribution is -2.27. The normalized spacial score (nSPS) is 12.6. The van der Waals surface area contributed by atoms with Gasteiger partial charge < -0.3 is 19.1 Å². The Kier molecular flexibility index (Phi) is 33.9. The molecule has 0 aromatic heterocycles. The molecule has 5 nitrogen and oxygen atoms in total. The smallest absolute Gasteiger partial charge is 0.310 e. The van der Waals surface area contributed by atoms with Gasteiger partial charge in [-0.05, 0) is 109 Å². The van der Waals surface area contributed by atoms with Crippen molar-refractivity contribution in [3.63, 3.8) is 0 Å². The Hall–Kier alpha value is -2.79. The summed E-state index contributed by atoms with van der Waals surface area (Å²) < 4.78 is 18.1. The monoisotopic (exact) mass is 750 g/mol. The lowest BCUT2D eigenvalue weighted by atomic mass is 10.1. The van der Waals surface area contributed by atoms with Crippen LogP contribution in [0.2, 0.25) is 0 Å². The maximum atomic E-state index is 12.6. The molecule has 0 aliphatic rings. The van der Waals surface area contributed by atoms with Crippen LogP contribution in [0.15, 0.2) is 66.8 Å². The highest BCUT2D eigenvalue weighted by molar-refractivity contribution is 5.72. The van der Waals surface area contributed by atoms with E-state index >= 15 is 0 Å². The van der Waals surface area contributed by atoms with E-state index in [9.17, 15) is 4.79 Å². The Bertz CT molecular complexity index is 1050. The van der Waals surface area contributed by atoms with Gasteiger partial charge in [0.1, 0.15) is 18.1 Å². The zero-order valence-electron chi connectivity index (χ0n) is 35.8. The minimum Gasteiger partial charge on any atom is -0.493 e. The van der Waals surface area contributed by atoms with Gasteiger partial charge in [-0.2, -0.15) is 0 Å². The highest BCUT2D eigenvalue weighted by Crippen LogP contribution is 2.25. The molecule has 1 aromatic carbocycles. The van der Waals surface area contributed by atoms with E-state index in [-0.39, 0.29) is 18.5 Å². The van der Waals surface area contributed by atoms with Gasteiger partial charge in [-0.25, -0.2) is 0 Å². The first-order chi connectivity index (χ1) is 26.5. The molecule has 308 valence electrons. The second-order valence-electron chi connectivity index (χ2n) is 15.4. The minimum atomic E-state index is -0.180. The van der Waals surface area contributed by atoms with Crippen molar-refractivity contribution in [1.29, 1.82) is 0 Å². The molecule has 5 heteroatoms. The van der Waals surface area contributed by atoms with E-state index < -0.39 is 0 Å². The Morgan fingerprint density at radius 1 is 0.556 bits per heavy atom. The average Bonchev–Trinajstić information content (AvgIpc) is 3.16. The molecular formula is C49H83NO4. The molecule has 1 aromatic rings. The van der Waals surface area contributed by atoms with Crippen molar-refractivity contribution < 1.29 is 19.0 Å². The quantitative estimate of drug-likeness (QED) is 0.0385. The largest absolute Gasteiger partial charge is 0.493 e. The molecule has 0 radical (unpaired) electrons. The first kappa shape index (κ1) is 49.2. The molecule has 0 bridgehead atoms. The molecule has 1 rings (SSSR count). The topological polar surface area (TPSA) is 48.0 Å². The van der Waals surface area contributed by atoms with Gasteiger partial charge in [-0.1, -0.05) is 146 Å². The van der Waals surface area contributed by atoms with Gasteiger partial charge in [0.25, 0.3) is 0 Å². The molecule has 1 unspecified atom stereocenters. The second-order valence-corrected chi connectivity index (χ2v) is 15.4. The molecule has 0 amide bonds. The van der Waals surface area contributed by atoms with Crippen molar-refractivity contribution in [3.05, 3.63) is 72.4 Å². The maximum absolute atomic E-state index is 12.6. The van der Waals surface area contributed by atoms with E-state index in [1.165, 1.54) is 128 Å². The summed E-state index contributed by atoms with van der Waals surface area (Å²) in [7, 11) is 3.94. The summed E-state index contributed by atoms with van der Waals surface area (Å²) >= 11 is 0. The SMILES string of the molecule is CCCCCC=CCC=CCCCCCCCCOc1cc(COC(=O)C(C)CN(C)C)cc(OCCCCCCCCC=CCC=CCCCCC)c1. The number of unbranched alkanes of at least 4 members (excludes halogenated alkanes) is 18. The number of esters is 1. The standard InChI is InChI=1S/C49H83NO4/c1-6-8-10-12-14-16-18-20-22-24-26-28-30-32-34-36-38-52-47-40-46(44-54-49(51)45(3)43-50(4)5)41-48(42-47)53-39-37-35-33-31-29-27-25-23-21-19-17-15-13-11-9-7-2/h14-17,20-23,40-42,45H,6-13,18-19,24-39,43-44H2,1-5H3. The Morgan fingerprint density at radius 3 is 1.35 bits per heavy atom. The molecule has 0 spiro atoms. The minimum absolute atomic E-state index is 0.178. The summed E-state index contributed by atoms with van der Waals surface area (Å²) in [5.74, 6) is 1.22. The summed E-state index contributed by atoms with van der Waals surface area (Å²) in [6, 6.07) is 5.98. The molecule has 0 aliphatic heterocycles. The molecule has 1 atom stereocenters. The molecule has 0 heterocycles. The Morgan fingerprint density at radius 2 is 0.944 bits per heavy atom. The van der Waals surface area contributed by atoms with Crippen LogP contribution in [0.1, 0.15) is 180 Å². The molecular weight excluding hydrogens is 667 g/mol. The van der Waals surface area contributed by atoms with Crippen LogP contribution in [-0.2, 0) is 16.1 Å². The van der Waals surface area contributed by atoms with E-state index in [0.717, 1.165) is 42.7 Å². The number of benzene rings is 1. The zero-order chi connectivity index (χ0) is 39.2. The van der Waals surface area contributed by atoms with Crippen molar-refractivity contribution in [1.82, 2.24) is 4.90 Å². The zero-order valence-corrected chi connectivity index (χ0v) is 35.8. The molecule has 0 saturated heterocycles. The predicted molar refractivity (Wildman–Crippen MR) is 234 cm³/mol. The predicted octanol–water partition coefficient (Wildman–Crippen LogP) is 14.3. The number of rotatable bonds is 37. The summed E-state index contributed by atoms with van der Waals surface area (Å²) in [5.41, 5.74) is 0.905. The number of nitrogens with zero attached hydrogens (tertiary/aromatic N) is 1. The van der Waals surface area contributed by atoms with Crippen LogP contribution in [0.5, 0.6) is 11.5 Å².